The normalized spacial score (nSPS) is 18.1. The number of aryl methyl sites for hydroxylation is 1. The third kappa shape index (κ3) is 2.86. The van der Waals surface area contributed by atoms with Gasteiger partial charge in [-0.15, -0.1) is 0 Å². The van der Waals surface area contributed by atoms with Crippen LogP contribution in [0.4, 0.5) is 0 Å². The zero-order chi connectivity index (χ0) is 18.3. The van der Waals surface area contributed by atoms with Crippen LogP contribution in [-0.2, 0) is 6.42 Å². The van der Waals surface area contributed by atoms with Crippen molar-refractivity contribution < 1.29 is 14.2 Å². The number of nitrogens with zero attached hydrogens (tertiary/aromatic N) is 2. The Morgan fingerprint density at radius 2 is 1.92 bits per heavy atom. The molecule has 2 heterocycles. The summed E-state index contributed by atoms with van der Waals surface area (Å²) in [5.41, 5.74) is 3.08. The van der Waals surface area contributed by atoms with Crippen molar-refractivity contribution in [1.82, 2.24) is 0 Å². The minimum Gasteiger partial charge on any atom is -0.497 e. The van der Waals surface area contributed by atoms with Crippen molar-refractivity contribution in [3.8, 4) is 17.2 Å². The molecule has 0 N–H and O–H groups in total. The van der Waals surface area contributed by atoms with Gasteiger partial charge in [0, 0.05) is 6.07 Å². The number of thiocarbonyl (C=S) groups is 1. The summed E-state index contributed by atoms with van der Waals surface area (Å²) in [4.78, 5) is 9.78. The zero-order valence-corrected chi connectivity index (χ0v) is 15.6. The van der Waals surface area contributed by atoms with Crippen molar-refractivity contribution in [2.45, 2.75) is 13.3 Å². The molecule has 2 aromatic carbocycles. The van der Waals surface area contributed by atoms with Crippen molar-refractivity contribution in [2.24, 2.45) is 15.9 Å². The van der Waals surface area contributed by atoms with E-state index in [9.17, 15) is 0 Å². The van der Waals surface area contributed by atoms with E-state index in [0.717, 1.165) is 23.3 Å². The molecule has 0 spiro atoms. The van der Waals surface area contributed by atoms with Crippen LogP contribution in [0.5, 0.6) is 17.2 Å². The maximum absolute atomic E-state index is 6.05. The number of amidine groups is 1. The van der Waals surface area contributed by atoms with Crippen LogP contribution in [-0.4, -0.2) is 30.9 Å². The maximum atomic E-state index is 6.05. The van der Waals surface area contributed by atoms with Crippen molar-refractivity contribution in [1.29, 1.82) is 0 Å². The number of rotatable bonds is 3. The lowest BCUT2D eigenvalue weighted by atomic mass is 9.93. The largest absolute Gasteiger partial charge is 0.497 e. The Balaban J connectivity index is 1.74. The van der Waals surface area contributed by atoms with E-state index in [2.05, 4.69) is 23.0 Å². The van der Waals surface area contributed by atoms with Gasteiger partial charge < -0.3 is 14.2 Å². The van der Waals surface area contributed by atoms with Gasteiger partial charge >= 0.3 is 0 Å². The summed E-state index contributed by atoms with van der Waals surface area (Å²) in [7, 11) is 3.22. The first kappa shape index (κ1) is 16.7. The summed E-state index contributed by atoms with van der Waals surface area (Å²) in [6.45, 7) is 2.06. The molecule has 4 rings (SSSR count). The Bertz CT molecular complexity index is 966. The van der Waals surface area contributed by atoms with Crippen LogP contribution in [0.25, 0.3) is 0 Å². The minimum absolute atomic E-state index is 0.104. The molecule has 0 saturated carbocycles. The standard InChI is InChI=1S/C20H18N2O3S/c1-11-4-7-16-12(8-11)9-15-19(25-16)21-18(22-20(15)26)14-6-5-13(23-2)10-17(14)24-3/h4-8,10,15H,9H2,1-3H3. The lowest BCUT2D eigenvalue weighted by Crippen LogP contribution is -2.36. The molecule has 1 unspecified atom stereocenters. The average molecular weight is 366 g/mol. The van der Waals surface area contributed by atoms with E-state index < -0.39 is 0 Å². The lowest BCUT2D eigenvalue weighted by Gasteiger charge is -2.28. The Hall–Kier alpha value is -2.73. The van der Waals surface area contributed by atoms with E-state index >= 15 is 0 Å². The number of benzene rings is 2. The monoisotopic (exact) mass is 366 g/mol. The maximum Gasteiger partial charge on any atom is 0.207 e. The van der Waals surface area contributed by atoms with Gasteiger partial charge in [0.25, 0.3) is 0 Å². The number of methoxy groups -OCH3 is 2. The van der Waals surface area contributed by atoms with Crippen LogP contribution in [0.1, 0.15) is 16.7 Å². The number of fused-ring (bicyclic) bond motifs is 2. The Morgan fingerprint density at radius 3 is 2.69 bits per heavy atom. The van der Waals surface area contributed by atoms with Crippen LogP contribution in [0.3, 0.4) is 0 Å². The molecule has 0 radical (unpaired) electrons. The van der Waals surface area contributed by atoms with Crippen molar-refractivity contribution in [3.05, 3.63) is 53.1 Å². The second-order valence-corrected chi connectivity index (χ2v) is 6.68. The molecule has 2 aromatic rings. The van der Waals surface area contributed by atoms with E-state index in [-0.39, 0.29) is 5.92 Å². The Morgan fingerprint density at radius 1 is 1.08 bits per heavy atom. The van der Waals surface area contributed by atoms with Gasteiger partial charge in [-0.25, -0.2) is 4.99 Å². The highest BCUT2D eigenvalue weighted by molar-refractivity contribution is 7.80. The summed E-state index contributed by atoms with van der Waals surface area (Å²) >= 11 is 5.56. The van der Waals surface area contributed by atoms with Crippen molar-refractivity contribution in [2.75, 3.05) is 14.2 Å². The molecule has 26 heavy (non-hydrogen) atoms. The first-order chi connectivity index (χ1) is 12.6. The molecular weight excluding hydrogens is 348 g/mol. The van der Waals surface area contributed by atoms with E-state index in [4.69, 9.17) is 26.4 Å². The number of ether oxygens (including phenoxy) is 3. The SMILES string of the molecule is COc1ccc(C2=NC(=S)C3Cc4cc(C)ccc4OC3=N2)c(OC)c1. The highest BCUT2D eigenvalue weighted by Gasteiger charge is 2.34. The average Bonchev–Trinajstić information content (AvgIpc) is 2.66. The predicted molar refractivity (Wildman–Crippen MR) is 105 cm³/mol. The van der Waals surface area contributed by atoms with Gasteiger partial charge in [0.05, 0.1) is 25.7 Å². The minimum atomic E-state index is -0.104. The molecule has 0 fully saturated rings. The van der Waals surface area contributed by atoms with Gasteiger partial charge in [0.1, 0.15) is 22.2 Å². The zero-order valence-electron chi connectivity index (χ0n) is 14.8. The van der Waals surface area contributed by atoms with Crippen LogP contribution in [0, 0.1) is 12.8 Å². The van der Waals surface area contributed by atoms with Gasteiger partial charge in [-0.05, 0) is 37.1 Å². The smallest absolute Gasteiger partial charge is 0.207 e. The molecule has 6 heteroatoms. The third-order valence-corrected chi connectivity index (χ3v) is 4.91. The fourth-order valence-corrected chi connectivity index (χ4v) is 3.44. The summed E-state index contributed by atoms with van der Waals surface area (Å²) in [5, 5.41) is 0. The second-order valence-electron chi connectivity index (χ2n) is 6.26. The first-order valence-electron chi connectivity index (χ1n) is 8.30. The van der Waals surface area contributed by atoms with E-state index in [1.165, 1.54) is 5.56 Å². The third-order valence-electron chi connectivity index (χ3n) is 4.53. The Kier molecular flexibility index (Phi) is 4.20. The van der Waals surface area contributed by atoms with Gasteiger partial charge in [-0.3, -0.25) is 0 Å². The molecule has 2 aliphatic rings. The molecule has 5 nitrogen and oxygen atoms in total. The molecule has 0 aliphatic carbocycles. The lowest BCUT2D eigenvalue weighted by molar-refractivity contribution is 0.394. The molecule has 132 valence electrons. The van der Waals surface area contributed by atoms with Gasteiger partial charge in [0.2, 0.25) is 5.90 Å². The number of aliphatic imine (C=N–C) groups is 2. The topological polar surface area (TPSA) is 52.4 Å². The highest BCUT2D eigenvalue weighted by atomic mass is 32.1. The van der Waals surface area contributed by atoms with Crippen molar-refractivity contribution >= 4 is 28.9 Å². The molecule has 0 saturated heterocycles. The summed E-state index contributed by atoms with van der Waals surface area (Å²) < 4.78 is 16.8. The highest BCUT2D eigenvalue weighted by Crippen LogP contribution is 2.33. The molecule has 0 bridgehead atoms. The molecule has 0 aromatic heterocycles. The van der Waals surface area contributed by atoms with Crippen LogP contribution in [0.15, 0.2) is 46.4 Å². The number of hydrogen-bond acceptors (Lipinski definition) is 5. The molecule has 0 amide bonds. The summed E-state index contributed by atoms with van der Waals surface area (Å²) in [5.74, 6) is 3.14. The van der Waals surface area contributed by atoms with Crippen molar-refractivity contribution in [3.63, 3.8) is 0 Å². The Labute approximate surface area is 157 Å². The van der Waals surface area contributed by atoms with Gasteiger partial charge in [-0.2, -0.15) is 4.99 Å². The van der Waals surface area contributed by atoms with Gasteiger partial charge in [0.15, 0.2) is 5.84 Å². The molecule has 1 atom stereocenters. The fraction of sp³-hybridized carbons (Fsp3) is 0.250. The quantitative estimate of drug-likeness (QED) is 0.777. The van der Waals surface area contributed by atoms with E-state index in [0.29, 0.717) is 28.2 Å². The van der Waals surface area contributed by atoms with E-state index in [1.807, 2.05) is 24.3 Å². The number of hydrogen-bond donors (Lipinski definition) is 0. The van der Waals surface area contributed by atoms with Gasteiger partial charge in [-0.1, -0.05) is 29.9 Å². The molecular formula is C20H18N2O3S. The predicted octanol–water partition coefficient (Wildman–Crippen LogP) is 3.75. The van der Waals surface area contributed by atoms with Crippen LogP contribution < -0.4 is 14.2 Å². The molecule has 2 aliphatic heterocycles. The van der Waals surface area contributed by atoms with Crippen LogP contribution >= 0.6 is 12.2 Å². The van der Waals surface area contributed by atoms with Crippen LogP contribution in [0.2, 0.25) is 0 Å². The summed E-state index contributed by atoms with van der Waals surface area (Å²) in [6, 6.07) is 11.6. The summed E-state index contributed by atoms with van der Waals surface area (Å²) in [6.07, 6.45) is 0.755. The van der Waals surface area contributed by atoms with E-state index in [1.54, 1.807) is 20.3 Å². The first-order valence-corrected chi connectivity index (χ1v) is 8.71. The second kappa shape index (κ2) is 6.53. The fourth-order valence-electron chi connectivity index (χ4n) is 3.17.